The molecule has 1 aromatic heterocycles. The van der Waals surface area contributed by atoms with Crippen LogP contribution in [0.5, 0.6) is 0 Å². The van der Waals surface area contributed by atoms with Crippen LogP contribution in [0.2, 0.25) is 0 Å². The molecule has 6 nitrogen and oxygen atoms in total. The van der Waals surface area contributed by atoms with Crippen LogP contribution in [-0.2, 0) is 9.59 Å². The third kappa shape index (κ3) is 5.61. The Morgan fingerprint density at radius 1 is 1.12 bits per heavy atom. The van der Waals surface area contributed by atoms with Crippen LogP contribution in [0.25, 0.3) is 0 Å². The van der Waals surface area contributed by atoms with E-state index in [1.165, 1.54) is 23.1 Å². The van der Waals surface area contributed by atoms with Crippen molar-refractivity contribution in [3.63, 3.8) is 0 Å². The number of anilines is 2. The molecular weight excluding hydrogens is 344 g/mol. The number of carbonyl (C=O) groups excluding carboxylic acids is 2. The second-order valence-corrected chi connectivity index (χ2v) is 8.48. The van der Waals surface area contributed by atoms with Crippen LogP contribution in [0.4, 0.5) is 10.8 Å². The summed E-state index contributed by atoms with van der Waals surface area (Å²) in [6.07, 6.45) is 0. The van der Waals surface area contributed by atoms with Gasteiger partial charge in [-0.15, -0.1) is 10.2 Å². The summed E-state index contributed by atoms with van der Waals surface area (Å²) in [5.74, 6) is 0.00191. The van der Waals surface area contributed by atoms with Crippen molar-refractivity contribution in [1.29, 1.82) is 0 Å². The highest BCUT2D eigenvalue weighted by Crippen LogP contribution is 2.27. The summed E-state index contributed by atoms with van der Waals surface area (Å²) in [7, 11) is 0. The number of rotatable bonds is 5. The number of hydrogen-bond acceptors (Lipinski definition) is 6. The topological polar surface area (TPSA) is 84.0 Å². The molecule has 0 fully saturated rings. The van der Waals surface area contributed by atoms with Gasteiger partial charge in [-0.25, -0.2) is 0 Å². The largest absolute Gasteiger partial charge is 0.325 e. The standard InChI is InChI=1S/C16H20N4O2S2/c1-10-5-7-11(8-6-10)17-12(21)9-23-15-20-19-14(24-15)18-13(22)16(2,3)4/h5-8H,9H2,1-4H3,(H,17,21)(H,18,19,22). The predicted molar refractivity (Wildman–Crippen MR) is 98.5 cm³/mol. The van der Waals surface area contributed by atoms with E-state index in [-0.39, 0.29) is 17.6 Å². The van der Waals surface area contributed by atoms with Gasteiger partial charge in [-0.1, -0.05) is 61.6 Å². The monoisotopic (exact) mass is 364 g/mol. The van der Waals surface area contributed by atoms with Crippen molar-refractivity contribution in [1.82, 2.24) is 10.2 Å². The number of thioether (sulfide) groups is 1. The summed E-state index contributed by atoms with van der Waals surface area (Å²) < 4.78 is 0.637. The molecule has 2 N–H and O–H groups in total. The van der Waals surface area contributed by atoms with Crippen LogP contribution >= 0.6 is 23.1 Å². The van der Waals surface area contributed by atoms with E-state index in [1.807, 2.05) is 52.0 Å². The van der Waals surface area contributed by atoms with Gasteiger partial charge in [0.05, 0.1) is 5.75 Å². The molecule has 0 unspecified atom stereocenters. The van der Waals surface area contributed by atoms with E-state index < -0.39 is 5.41 Å². The van der Waals surface area contributed by atoms with Gasteiger partial charge in [-0.2, -0.15) is 0 Å². The molecule has 0 atom stereocenters. The van der Waals surface area contributed by atoms with E-state index in [1.54, 1.807) is 0 Å². The first-order chi connectivity index (χ1) is 11.2. The smallest absolute Gasteiger partial charge is 0.234 e. The van der Waals surface area contributed by atoms with Crippen molar-refractivity contribution in [3.8, 4) is 0 Å². The lowest BCUT2D eigenvalue weighted by molar-refractivity contribution is -0.123. The molecule has 8 heteroatoms. The average Bonchev–Trinajstić information content (AvgIpc) is 2.94. The number of carbonyl (C=O) groups is 2. The zero-order chi connectivity index (χ0) is 17.7. The third-order valence-electron chi connectivity index (χ3n) is 2.97. The summed E-state index contributed by atoms with van der Waals surface area (Å²) in [5, 5.41) is 13.9. The molecule has 1 heterocycles. The molecule has 0 saturated carbocycles. The molecule has 2 aromatic rings. The minimum absolute atomic E-state index is 0.112. The van der Waals surface area contributed by atoms with Crippen molar-refractivity contribution < 1.29 is 9.59 Å². The van der Waals surface area contributed by atoms with Crippen LogP contribution in [-0.4, -0.2) is 27.8 Å². The number of nitrogens with one attached hydrogen (secondary N) is 2. The molecule has 2 amide bonds. The first-order valence-corrected chi connectivity index (χ1v) is 9.18. The molecule has 0 radical (unpaired) electrons. The molecule has 0 bridgehead atoms. The molecule has 1 aromatic carbocycles. The quantitative estimate of drug-likeness (QED) is 0.626. The summed E-state index contributed by atoms with van der Waals surface area (Å²) in [6.45, 7) is 7.48. The number of benzene rings is 1. The summed E-state index contributed by atoms with van der Waals surface area (Å²) in [5.41, 5.74) is 1.41. The van der Waals surface area contributed by atoms with E-state index in [9.17, 15) is 9.59 Å². The van der Waals surface area contributed by atoms with Crippen molar-refractivity contribution >= 4 is 45.7 Å². The fourth-order valence-corrected chi connectivity index (χ4v) is 3.11. The number of hydrogen-bond donors (Lipinski definition) is 2. The van der Waals surface area contributed by atoms with E-state index in [4.69, 9.17) is 0 Å². The highest BCUT2D eigenvalue weighted by atomic mass is 32.2. The van der Waals surface area contributed by atoms with Crippen molar-refractivity contribution in [2.75, 3.05) is 16.4 Å². The minimum Gasteiger partial charge on any atom is -0.325 e. The van der Waals surface area contributed by atoms with Gasteiger partial charge in [0.25, 0.3) is 0 Å². The predicted octanol–water partition coefficient (Wildman–Crippen LogP) is 3.56. The van der Waals surface area contributed by atoms with E-state index in [0.29, 0.717) is 9.47 Å². The zero-order valence-electron chi connectivity index (χ0n) is 14.0. The number of amides is 2. The Morgan fingerprint density at radius 2 is 1.79 bits per heavy atom. The Kier molecular flexibility index (Phi) is 5.95. The molecule has 128 valence electrons. The SMILES string of the molecule is Cc1ccc(NC(=O)CSc2nnc(NC(=O)C(C)(C)C)s2)cc1. The molecule has 24 heavy (non-hydrogen) atoms. The van der Waals surface area contributed by atoms with Gasteiger partial charge in [-0.3, -0.25) is 9.59 Å². The lowest BCUT2D eigenvalue weighted by atomic mass is 9.96. The maximum absolute atomic E-state index is 11.9. The summed E-state index contributed by atoms with van der Waals surface area (Å²) in [4.78, 5) is 23.8. The van der Waals surface area contributed by atoms with Crippen LogP contribution in [0.15, 0.2) is 28.6 Å². The first kappa shape index (κ1) is 18.4. The lowest BCUT2D eigenvalue weighted by Crippen LogP contribution is -2.27. The van der Waals surface area contributed by atoms with Gasteiger partial charge in [0, 0.05) is 11.1 Å². The molecule has 2 rings (SSSR count). The Balaban J connectivity index is 1.83. The fourth-order valence-electron chi connectivity index (χ4n) is 1.56. The number of aryl methyl sites for hydroxylation is 1. The maximum Gasteiger partial charge on any atom is 0.234 e. The van der Waals surface area contributed by atoms with Crippen molar-refractivity contribution in [3.05, 3.63) is 29.8 Å². The van der Waals surface area contributed by atoms with E-state index >= 15 is 0 Å². The number of nitrogens with zero attached hydrogens (tertiary/aromatic N) is 2. The van der Waals surface area contributed by atoms with Gasteiger partial charge >= 0.3 is 0 Å². The van der Waals surface area contributed by atoms with Crippen LogP contribution in [0.1, 0.15) is 26.3 Å². The molecule has 0 spiro atoms. The van der Waals surface area contributed by atoms with Crippen LogP contribution in [0.3, 0.4) is 0 Å². The normalized spacial score (nSPS) is 11.2. The summed E-state index contributed by atoms with van der Waals surface area (Å²) >= 11 is 2.54. The minimum atomic E-state index is -0.493. The second kappa shape index (κ2) is 7.76. The second-order valence-electron chi connectivity index (χ2n) is 6.28. The maximum atomic E-state index is 11.9. The van der Waals surface area contributed by atoms with Crippen LogP contribution in [0, 0.1) is 12.3 Å². The lowest BCUT2D eigenvalue weighted by Gasteiger charge is -2.15. The fraction of sp³-hybridized carbons (Fsp3) is 0.375. The molecule has 0 aliphatic rings. The van der Waals surface area contributed by atoms with Crippen molar-refractivity contribution in [2.45, 2.75) is 32.0 Å². The van der Waals surface area contributed by atoms with Crippen LogP contribution < -0.4 is 10.6 Å². The average molecular weight is 364 g/mol. The Labute approximate surface area is 149 Å². The molecular formula is C16H20N4O2S2. The van der Waals surface area contributed by atoms with Gasteiger partial charge < -0.3 is 10.6 Å². The van der Waals surface area contributed by atoms with E-state index in [2.05, 4.69) is 20.8 Å². The summed E-state index contributed by atoms with van der Waals surface area (Å²) in [6, 6.07) is 7.61. The van der Waals surface area contributed by atoms with Gasteiger partial charge in [0.1, 0.15) is 0 Å². The molecule has 0 saturated heterocycles. The third-order valence-corrected chi connectivity index (χ3v) is 4.94. The highest BCUT2D eigenvalue weighted by Gasteiger charge is 2.22. The van der Waals surface area contributed by atoms with Gasteiger partial charge in [0.2, 0.25) is 16.9 Å². The highest BCUT2D eigenvalue weighted by molar-refractivity contribution is 8.01. The van der Waals surface area contributed by atoms with Crippen molar-refractivity contribution in [2.24, 2.45) is 5.41 Å². The van der Waals surface area contributed by atoms with Gasteiger partial charge in [0.15, 0.2) is 4.34 Å². The molecule has 0 aliphatic carbocycles. The number of aromatic nitrogens is 2. The molecule has 0 aliphatic heterocycles. The van der Waals surface area contributed by atoms with Gasteiger partial charge in [-0.05, 0) is 19.1 Å². The van der Waals surface area contributed by atoms with E-state index in [0.717, 1.165) is 11.3 Å². The Morgan fingerprint density at radius 3 is 2.42 bits per heavy atom. The zero-order valence-corrected chi connectivity index (χ0v) is 15.7. The first-order valence-electron chi connectivity index (χ1n) is 7.38. The Bertz CT molecular complexity index is 720. The Hall–Kier alpha value is -1.93.